The van der Waals surface area contributed by atoms with Crippen molar-refractivity contribution in [3.8, 4) is 17.6 Å². The molecule has 8 nitrogen and oxygen atoms in total. The van der Waals surface area contributed by atoms with E-state index in [2.05, 4.69) is 9.73 Å². The highest BCUT2D eigenvalue weighted by Gasteiger charge is 2.19. The third-order valence-corrected chi connectivity index (χ3v) is 2.65. The van der Waals surface area contributed by atoms with Crippen LogP contribution in [0, 0.1) is 17.2 Å². The molecule has 2 amide bonds. The number of fused-ring (bicyclic) bond motifs is 1. The summed E-state index contributed by atoms with van der Waals surface area (Å²) in [5.74, 6) is -0.866. The largest absolute Gasteiger partial charge is 0.454 e. The molecule has 1 aromatic rings. The summed E-state index contributed by atoms with van der Waals surface area (Å²) >= 11 is 0. The Morgan fingerprint density at radius 3 is 3.00 bits per heavy atom. The maximum Gasteiger partial charge on any atom is 0.413 e. The number of carbonyl (C=O) groups is 2. The summed E-state index contributed by atoms with van der Waals surface area (Å²) in [6.07, 6.45) is 0.246. The highest BCUT2D eigenvalue weighted by atomic mass is 16.7. The monoisotopic (exact) mass is 303 g/mol. The summed E-state index contributed by atoms with van der Waals surface area (Å²) < 4.78 is 14.9. The fourth-order valence-electron chi connectivity index (χ4n) is 1.63. The minimum atomic E-state index is -1.21. The van der Waals surface area contributed by atoms with Crippen LogP contribution in [0.25, 0.3) is 0 Å². The molecule has 1 aliphatic rings. The van der Waals surface area contributed by atoms with E-state index in [4.69, 9.17) is 14.7 Å². The number of nitrogens with one attached hydrogen (secondary N) is 1. The summed E-state index contributed by atoms with van der Waals surface area (Å²) in [4.78, 5) is 26.9. The smallest absolute Gasteiger partial charge is 0.413 e. The lowest BCUT2D eigenvalue weighted by atomic mass is 10.2. The van der Waals surface area contributed by atoms with Crippen LogP contribution in [-0.2, 0) is 9.53 Å². The van der Waals surface area contributed by atoms with Crippen molar-refractivity contribution in [2.75, 3.05) is 13.4 Å². The number of benzene rings is 1. The second-order valence-corrected chi connectivity index (χ2v) is 4.13. The molecule has 1 atom stereocenters. The maximum absolute atomic E-state index is 11.7. The highest BCUT2D eigenvalue weighted by Crippen LogP contribution is 2.35. The number of hydrogen-bond acceptors (Lipinski definition) is 7. The first-order valence-electron chi connectivity index (χ1n) is 6.45. The van der Waals surface area contributed by atoms with Gasteiger partial charge < -0.3 is 14.2 Å². The van der Waals surface area contributed by atoms with E-state index in [9.17, 15) is 9.59 Å². The molecule has 1 aromatic carbocycles. The normalized spacial score (nSPS) is 13.5. The number of imide groups is 1. The number of ether oxygens (including phenoxy) is 3. The molecule has 114 valence electrons. The van der Waals surface area contributed by atoms with Crippen LogP contribution in [0.1, 0.15) is 6.92 Å². The summed E-state index contributed by atoms with van der Waals surface area (Å²) in [6.45, 7) is 1.87. The van der Waals surface area contributed by atoms with Crippen molar-refractivity contribution < 1.29 is 23.8 Å². The van der Waals surface area contributed by atoms with E-state index < -0.39 is 17.9 Å². The lowest BCUT2D eigenvalue weighted by molar-refractivity contribution is -0.121. The first kappa shape index (κ1) is 15.3. The van der Waals surface area contributed by atoms with Gasteiger partial charge in [0.2, 0.25) is 6.79 Å². The van der Waals surface area contributed by atoms with Gasteiger partial charge >= 0.3 is 6.09 Å². The molecule has 0 radical (unpaired) electrons. The molecule has 1 aliphatic heterocycles. The number of hydrogen-bond donors (Lipinski definition) is 1. The minimum Gasteiger partial charge on any atom is -0.454 e. The van der Waals surface area contributed by atoms with Gasteiger partial charge in [-0.15, -0.1) is 0 Å². The third kappa shape index (κ3) is 3.73. The van der Waals surface area contributed by atoms with Crippen LogP contribution >= 0.6 is 0 Å². The van der Waals surface area contributed by atoms with Crippen LogP contribution in [0.2, 0.25) is 0 Å². The van der Waals surface area contributed by atoms with E-state index in [-0.39, 0.29) is 13.4 Å². The molecule has 0 saturated heterocycles. The highest BCUT2D eigenvalue weighted by molar-refractivity contribution is 6.03. The van der Waals surface area contributed by atoms with Crippen molar-refractivity contribution in [2.24, 2.45) is 10.9 Å². The topological polar surface area (TPSA) is 110 Å². The molecule has 0 spiro atoms. The van der Waals surface area contributed by atoms with Gasteiger partial charge in [-0.2, -0.15) is 5.26 Å². The van der Waals surface area contributed by atoms with Gasteiger partial charge in [0.05, 0.1) is 18.4 Å². The van der Waals surface area contributed by atoms with Crippen molar-refractivity contribution in [3.63, 3.8) is 0 Å². The van der Waals surface area contributed by atoms with Gasteiger partial charge in [0.15, 0.2) is 17.4 Å². The van der Waals surface area contributed by atoms with Gasteiger partial charge in [-0.05, 0) is 19.1 Å². The van der Waals surface area contributed by atoms with E-state index in [0.717, 1.165) is 6.21 Å². The van der Waals surface area contributed by atoms with E-state index in [1.807, 2.05) is 5.32 Å². The number of nitrogens with zero attached hydrogens (tertiary/aromatic N) is 2. The Balaban J connectivity index is 2.02. The summed E-state index contributed by atoms with van der Waals surface area (Å²) in [6, 6.07) is 6.70. The summed E-state index contributed by atoms with van der Waals surface area (Å²) in [5, 5.41) is 10.9. The number of nitriles is 1. The Morgan fingerprint density at radius 1 is 1.50 bits per heavy atom. The van der Waals surface area contributed by atoms with Gasteiger partial charge in [-0.1, -0.05) is 0 Å². The van der Waals surface area contributed by atoms with E-state index >= 15 is 0 Å². The standard InChI is InChI=1S/C14H13N3O5/c1-2-20-14(19)17-13(18)9(6-15)7-16-10-3-4-11-12(5-10)22-8-21-11/h3-5,7,9H,2,8H2,1H3,(H,17,18,19). The second-order valence-electron chi connectivity index (χ2n) is 4.13. The van der Waals surface area contributed by atoms with Gasteiger partial charge in [0.25, 0.3) is 5.91 Å². The van der Waals surface area contributed by atoms with E-state index in [1.165, 1.54) is 0 Å². The van der Waals surface area contributed by atoms with Crippen molar-refractivity contribution in [3.05, 3.63) is 18.2 Å². The quantitative estimate of drug-likeness (QED) is 0.844. The predicted octanol–water partition coefficient (Wildman–Crippen LogP) is 1.53. The Morgan fingerprint density at radius 2 is 2.27 bits per heavy atom. The van der Waals surface area contributed by atoms with Crippen LogP contribution < -0.4 is 14.8 Å². The molecule has 2 rings (SSSR count). The fourth-order valence-corrected chi connectivity index (χ4v) is 1.63. The maximum atomic E-state index is 11.7. The van der Waals surface area contributed by atoms with Crippen LogP contribution in [0.15, 0.2) is 23.2 Å². The molecular formula is C14H13N3O5. The lowest BCUT2D eigenvalue weighted by Gasteiger charge is -2.05. The van der Waals surface area contributed by atoms with Crippen molar-refractivity contribution >= 4 is 23.9 Å². The number of rotatable bonds is 4. The molecule has 22 heavy (non-hydrogen) atoms. The van der Waals surface area contributed by atoms with E-state index in [0.29, 0.717) is 17.2 Å². The van der Waals surface area contributed by atoms with Crippen molar-refractivity contribution in [1.82, 2.24) is 5.32 Å². The predicted molar refractivity (Wildman–Crippen MR) is 75.0 cm³/mol. The third-order valence-electron chi connectivity index (χ3n) is 2.65. The molecule has 0 saturated carbocycles. The summed E-state index contributed by atoms with van der Waals surface area (Å²) in [5.41, 5.74) is 0.494. The summed E-state index contributed by atoms with van der Waals surface area (Å²) in [7, 11) is 0. The zero-order valence-electron chi connectivity index (χ0n) is 11.7. The molecule has 1 N–H and O–H groups in total. The molecule has 0 aromatic heterocycles. The van der Waals surface area contributed by atoms with Gasteiger partial charge in [-0.3, -0.25) is 15.1 Å². The molecule has 1 unspecified atom stereocenters. The average molecular weight is 303 g/mol. The molecule has 0 aliphatic carbocycles. The number of aliphatic imine (C=N–C) groups is 1. The second kappa shape index (κ2) is 7.08. The number of carbonyl (C=O) groups excluding carboxylic acids is 2. The number of amides is 2. The first-order valence-corrected chi connectivity index (χ1v) is 6.45. The van der Waals surface area contributed by atoms with Gasteiger partial charge in [-0.25, -0.2) is 4.79 Å². The average Bonchev–Trinajstić information content (AvgIpc) is 2.95. The van der Waals surface area contributed by atoms with Crippen molar-refractivity contribution in [2.45, 2.75) is 6.92 Å². The van der Waals surface area contributed by atoms with Crippen LogP contribution in [0.4, 0.5) is 10.5 Å². The number of alkyl carbamates (subject to hydrolysis) is 1. The lowest BCUT2D eigenvalue weighted by Crippen LogP contribution is -2.36. The molecule has 0 fully saturated rings. The Kier molecular flexibility index (Phi) is 4.93. The van der Waals surface area contributed by atoms with Crippen molar-refractivity contribution in [1.29, 1.82) is 5.26 Å². The minimum absolute atomic E-state index is 0.127. The SMILES string of the molecule is CCOC(=O)NC(=O)C(C#N)C=Nc1ccc2c(c1)OCO2. The molecule has 1 heterocycles. The van der Waals surface area contributed by atoms with Crippen LogP contribution in [0.5, 0.6) is 11.5 Å². The van der Waals surface area contributed by atoms with E-state index in [1.54, 1.807) is 31.2 Å². The zero-order valence-corrected chi connectivity index (χ0v) is 11.7. The first-order chi connectivity index (χ1) is 10.6. The fraction of sp³-hybridized carbons (Fsp3) is 0.286. The molecule has 0 bridgehead atoms. The zero-order chi connectivity index (χ0) is 15.9. The Labute approximate surface area is 126 Å². The molecule has 8 heteroatoms. The molecular weight excluding hydrogens is 290 g/mol. The van der Waals surface area contributed by atoms with Gasteiger partial charge in [0.1, 0.15) is 0 Å². The van der Waals surface area contributed by atoms with Gasteiger partial charge in [0, 0.05) is 12.3 Å². The Bertz CT molecular complexity index is 650. The van der Waals surface area contributed by atoms with Crippen LogP contribution in [-0.4, -0.2) is 31.6 Å². The van der Waals surface area contributed by atoms with Crippen LogP contribution in [0.3, 0.4) is 0 Å². The Hall–Kier alpha value is -3.08.